The molecule has 120 valence electrons. The van der Waals surface area contributed by atoms with Gasteiger partial charge in [-0.05, 0) is 43.0 Å². The van der Waals surface area contributed by atoms with Gasteiger partial charge in [0.05, 0.1) is 15.8 Å². The number of hydrogen-bond acceptors (Lipinski definition) is 4. The Kier molecular flexibility index (Phi) is 4.85. The summed E-state index contributed by atoms with van der Waals surface area (Å²) in [6.45, 7) is 0.959. The Labute approximate surface area is 144 Å². The molecular formula is C18H18ClNO2S. The summed E-state index contributed by atoms with van der Waals surface area (Å²) in [7, 11) is 0. The second kappa shape index (κ2) is 6.87. The van der Waals surface area contributed by atoms with E-state index in [4.69, 9.17) is 4.42 Å². The molecule has 1 fully saturated rings. The van der Waals surface area contributed by atoms with Crippen LogP contribution in [-0.2, 0) is 0 Å². The van der Waals surface area contributed by atoms with Crippen molar-refractivity contribution in [2.24, 2.45) is 0 Å². The van der Waals surface area contributed by atoms with E-state index in [1.807, 2.05) is 41.8 Å². The van der Waals surface area contributed by atoms with Crippen LogP contribution in [0.15, 0.2) is 51.0 Å². The molecule has 1 aromatic carbocycles. The minimum absolute atomic E-state index is 0. The van der Waals surface area contributed by atoms with Gasteiger partial charge in [-0.15, -0.1) is 23.7 Å². The summed E-state index contributed by atoms with van der Waals surface area (Å²) >= 11 is 1.61. The van der Waals surface area contributed by atoms with Crippen LogP contribution in [-0.4, -0.2) is 6.54 Å². The van der Waals surface area contributed by atoms with Crippen molar-refractivity contribution in [1.82, 2.24) is 5.32 Å². The van der Waals surface area contributed by atoms with Gasteiger partial charge in [0.25, 0.3) is 0 Å². The highest BCUT2D eigenvalue weighted by atomic mass is 35.5. The molecule has 1 aliphatic rings. The normalized spacial score (nSPS) is 17.8. The molecular weight excluding hydrogens is 330 g/mol. The molecule has 3 heterocycles. The standard InChI is InChI=1S/C18H17NO2S.ClH/c20-17-12-6-1-2-8-14(12)21-18(15-9-5-11-22-15)16(17)13-7-3-4-10-19-13;/h1-2,5-6,8-9,11,13,19H,3-4,7,10H2;1H. The van der Waals surface area contributed by atoms with E-state index in [2.05, 4.69) is 5.32 Å². The van der Waals surface area contributed by atoms with Crippen molar-refractivity contribution >= 4 is 34.7 Å². The van der Waals surface area contributed by atoms with E-state index in [0.29, 0.717) is 11.0 Å². The van der Waals surface area contributed by atoms with Gasteiger partial charge in [0.15, 0.2) is 11.2 Å². The summed E-state index contributed by atoms with van der Waals surface area (Å²) in [5.41, 5.74) is 1.56. The molecule has 4 rings (SSSR count). The van der Waals surface area contributed by atoms with Crippen LogP contribution in [0.4, 0.5) is 0 Å². The van der Waals surface area contributed by atoms with Gasteiger partial charge in [-0.2, -0.15) is 0 Å². The lowest BCUT2D eigenvalue weighted by Gasteiger charge is -2.24. The lowest BCUT2D eigenvalue weighted by Crippen LogP contribution is -2.31. The summed E-state index contributed by atoms with van der Waals surface area (Å²) in [4.78, 5) is 14.1. The van der Waals surface area contributed by atoms with E-state index in [0.717, 1.165) is 35.6 Å². The van der Waals surface area contributed by atoms with E-state index in [1.165, 1.54) is 6.42 Å². The van der Waals surface area contributed by atoms with E-state index >= 15 is 0 Å². The molecule has 1 atom stereocenters. The highest BCUT2D eigenvalue weighted by molar-refractivity contribution is 7.13. The van der Waals surface area contributed by atoms with Gasteiger partial charge in [-0.3, -0.25) is 4.79 Å². The van der Waals surface area contributed by atoms with Gasteiger partial charge < -0.3 is 9.73 Å². The number of thiophene rings is 1. The molecule has 0 amide bonds. The van der Waals surface area contributed by atoms with Crippen LogP contribution in [0.2, 0.25) is 0 Å². The first-order chi connectivity index (χ1) is 10.8. The summed E-state index contributed by atoms with van der Waals surface area (Å²) in [6, 6.07) is 11.6. The number of para-hydroxylation sites is 1. The number of fused-ring (bicyclic) bond motifs is 1. The Morgan fingerprint density at radius 2 is 2.00 bits per heavy atom. The number of benzene rings is 1. The molecule has 1 aliphatic heterocycles. The summed E-state index contributed by atoms with van der Waals surface area (Å²) in [5.74, 6) is 0.734. The van der Waals surface area contributed by atoms with Crippen LogP contribution in [0, 0.1) is 0 Å². The first-order valence-corrected chi connectivity index (χ1v) is 8.55. The van der Waals surface area contributed by atoms with Crippen LogP contribution in [0.25, 0.3) is 21.6 Å². The quantitative estimate of drug-likeness (QED) is 0.726. The molecule has 1 saturated heterocycles. The molecule has 0 bridgehead atoms. The highest BCUT2D eigenvalue weighted by Gasteiger charge is 2.25. The van der Waals surface area contributed by atoms with E-state index in [-0.39, 0.29) is 23.9 Å². The van der Waals surface area contributed by atoms with Crippen LogP contribution in [0.3, 0.4) is 0 Å². The Bertz CT molecular complexity index is 851. The van der Waals surface area contributed by atoms with Crippen LogP contribution in [0.5, 0.6) is 0 Å². The fraction of sp³-hybridized carbons (Fsp3) is 0.278. The number of rotatable bonds is 2. The van der Waals surface area contributed by atoms with Crippen LogP contribution in [0.1, 0.15) is 30.9 Å². The molecule has 3 aromatic rings. The molecule has 0 spiro atoms. The minimum Gasteiger partial charge on any atom is -0.455 e. The molecule has 3 nitrogen and oxygen atoms in total. The van der Waals surface area contributed by atoms with Gasteiger partial charge in [0.2, 0.25) is 0 Å². The zero-order valence-corrected chi connectivity index (χ0v) is 14.2. The summed E-state index contributed by atoms with van der Waals surface area (Å²) in [5, 5.41) is 6.18. The van der Waals surface area contributed by atoms with E-state index in [9.17, 15) is 4.79 Å². The molecule has 1 N–H and O–H groups in total. The van der Waals surface area contributed by atoms with Crippen molar-refractivity contribution in [3.05, 3.63) is 57.6 Å². The first kappa shape index (κ1) is 16.2. The fourth-order valence-electron chi connectivity index (χ4n) is 3.16. The zero-order valence-electron chi connectivity index (χ0n) is 12.6. The lowest BCUT2D eigenvalue weighted by molar-refractivity contribution is 0.406. The van der Waals surface area contributed by atoms with Crippen molar-refractivity contribution in [3.8, 4) is 10.6 Å². The van der Waals surface area contributed by atoms with Crippen molar-refractivity contribution in [2.75, 3.05) is 6.54 Å². The highest BCUT2D eigenvalue weighted by Crippen LogP contribution is 2.34. The summed E-state index contributed by atoms with van der Waals surface area (Å²) < 4.78 is 6.14. The second-order valence-electron chi connectivity index (χ2n) is 5.65. The van der Waals surface area contributed by atoms with E-state index in [1.54, 1.807) is 11.3 Å². The van der Waals surface area contributed by atoms with Gasteiger partial charge in [-0.1, -0.05) is 24.6 Å². The van der Waals surface area contributed by atoms with Crippen LogP contribution < -0.4 is 10.7 Å². The lowest BCUT2D eigenvalue weighted by atomic mass is 9.95. The third-order valence-electron chi connectivity index (χ3n) is 4.24. The van der Waals surface area contributed by atoms with Crippen LogP contribution >= 0.6 is 23.7 Å². The number of hydrogen-bond donors (Lipinski definition) is 1. The first-order valence-electron chi connectivity index (χ1n) is 7.67. The van der Waals surface area contributed by atoms with Crippen molar-refractivity contribution in [1.29, 1.82) is 0 Å². The van der Waals surface area contributed by atoms with Gasteiger partial charge in [-0.25, -0.2) is 0 Å². The van der Waals surface area contributed by atoms with Gasteiger partial charge in [0, 0.05) is 6.04 Å². The third kappa shape index (κ3) is 2.94. The van der Waals surface area contributed by atoms with E-state index < -0.39 is 0 Å². The smallest absolute Gasteiger partial charge is 0.198 e. The molecule has 2 aromatic heterocycles. The van der Waals surface area contributed by atoms with Crippen molar-refractivity contribution in [2.45, 2.75) is 25.3 Å². The molecule has 0 radical (unpaired) electrons. The largest absolute Gasteiger partial charge is 0.455 e. The predicted molar refractivity (Wildman–Crippen MR) is 97.6 cm³/mol. The SMILES string of the molecule is Cl.O=c1c(C2CCCCN2)c(-c2cccs2)oc2ccccc12. The minimum atomic E-state index is 0. The maximum Gasteiger partial charge on any atom is 0.198 e. The fourth-order valence-corrected chi connectivity index (χ4v) is 3.88. The monoisotopic (exact) mass is 347 g/mol. The average molecular weight is 348 g/mol. The van der Waals surface area contributed by atoms with Crippen molar-refractivity contribution in [3.63, 3.8) is 0 Å². The zero-order chi connectivity index (χ0) is 14.9. The second-order valence-corrected chi connectivity index (χ2v) is 6.60. The third-order valence-corrected chi connectivity index (χ3v) is 5.11. The number of halogens is 1. The Balaban J connectivity index is 0.00000156. The topological polar surface area (TPSA) is 42.2 Å². The molecule has 23 heavy (non-hydrogen) atoms. The number of piperidine rings is 1. The molecule has 5 heteroatoms. The van der Waals surface area contributed by atoms with Crippen molar-refractivity contribution < 1.29 is 4.42 Å². The molecule has 0 saturated carbocycles. The molecule has 0 aliphatic carbocycles. The maximum atomic E-state index is 13.0. The average Bonchev–Trinajstić information content (AvgIpc) is 3.10. The Morgan fingerprint density at radius 1 is 1.13 bits per heavy atom. The maximum absolute atomic E-state index is 13.0. The summed E-state index contributed by atoms with van der Waals surface area (Å²) in [6.07, 6.45) is 3.30. The Morgan fingerprint density at radius 3 is 2.74 bits per heavy atom. The number of nitrogens with one attached hydrogen (secondary N) is 1. The Hall–Kier alpha value is -1.62. The predicted octanol–water partition coefficient (Wildman–Crippen LogP) is 4.76. The molecule has 1 unspecified atom stereocenters. The van der Waals surface area contributed by atoms with Gasteiger partial charge in [0.1, 0.15) is 5.58 Å². The van der Waals surface area contributed by atoms with Gasteiger partial charge >= 0.3 is 0 Å².